The Balaban J connectivity index is 0.00000289. The summed E-state index contributed by atoms with van der Waals surface area (Å²) in [6.07, 6.45) is 3.13. The average molecular weight is 293 g/mol. The van der Waals surface area contributed by atoms with Gasteiger partial charge in [0.15, 0.2) is 0 Å². The molecule has 0 aliphatic carbocycles. The number of carbonyl (C=O) groups excluding carboxylic acids is 1. The van der Waals surface area contributed by atoms with Gasteiger partial charge in [-0.05, 0) is 12.3 Å². The number of halogens is 1. The molecule has 3 N–H and O–H groups in total. The van der Waals surface area contributed by atoms with Crippen LogP contribution in [-0.4, -0.2) is 22.1 Å². The summed E-state index contributed by atoms with van der Waals surface area (Å²) in [7, 11) is 0. The number of hydrogen-bond acceptors (Lipinski definition) is 5. The van der Waals surface area contributed by atoms with Crippen molar-refractivity contribution in [2.75, 3.05) is 5.32 Å². The molecule has 0 saturated heterocycles. The van der Waals surface area contributed by atoms with E-state index in [0.29, 0.717) is 5.13 Å². The van der Waals surface area contributed by atoms with E-state index in [1.54, 1.807) is 0 Å². The van der Waals surface area contributed by atoms with E-state index < -0.39 is 6.04 Å². The van der Waals surface area contributed by atoms with E-state index >= 15 is 0 Å². The number of anilines is 1. The first kappa shape index (κ1) is 17.3. The van der Waals surface area contributed by atoms with Crippen molar-refractivity contribution in [2.24, 2.45) is 11.7 Å². The fourth-order valence-corrected chi connectivity index (χ4v) is 2.01. The lowest BCUT2D eigenvalue weighted by Crippen LogP contribution is -2.39. The number of nitrogens with two attached hydrogens (primary N) is 1. The number of amides is 1. The minimum atomic E-state index is -0.502. The maximum Gasteiger partial charge on any atom is 0.243 e. The Bertz CT molecular complexity index is 370. The summed E-state index contributed by atoms with van der Waals surface area (Å²) in [5.41, 5.74) is 5.74. The van der Waals surface area contributed by atoms with Gasteiger partial charge in [0.2, 0.25) is 11.0 Å². The van der Waals surface area contributed by atoms with Crippen molar-refractivity contribution >= 4 is 34.8 Å². The molecule has 5 nitrogen and oxygen atoms in total. The van der Waals surface area contributed by atoms with Gasteiger partial charge < -0.3 is 5.73 Å². The Morgan fingerprint density at radius 2 is 2.11 bits per heavy atom. The van der Waals surface area contributed by atoms with E-state index in [4.69, 9.17) is 5.73 Å². The molecule has 1 aromatic rings. The molecule has 1 amide bonds. The minimum absolute atomic E-state index is 0. The van der Waals surface area contributed by atoms with Crippen LogP contribution in [-0.2, 0) is 11.2 Å². The van der Waals surface area contributed by atoms with Crippen molar-refractivity contribution in [3.05, 3.63) is 5.01 Å². The number of rotatable bonds is 6. The van der Waals surface area contributed by atoms with Gasteiger partial charge in [-0.15, -0.1) is 22.6 Å². The zero-order valence-electron chi connectivity index (χ0n) is 11.0. The van der Waals surface area contributed by atoms with Crippen LogP contribution >= 0.6 is 23.7 Å². The molecule has 0 aliphatic rings. The second-order valence-electron chi connectivity index (χ2n) is 4.36. The zero-order chi connectivity index (χ0) is 12.8. The molecule has 1 heterocycles. The summed E-state index contributed by atoms with van der Waals surface area (Å²) in [5, 5.41) is 12.2. The average Bonchev–Trinajstić information content (AvgIpc) is 2.72. The summed E-state index contributed by atoms with van der Waals surface area (Å²) < 4.78 is 0. The Morgan fingerprint density at radius 1 is 1.44 bits per heavy atom. The van der Waals surface area contributed by atoms with Crippen molar-refractivity contribution < 1.29 is 4.79 Å². The van der Waals surface area contributed by atoms with Crippen LogP contribution in [0.15, 0.2) is 0 Å². The molecule has 1 atom stereocenters. The van der Waals surface area contributed by atoms with Gasteiger partial charge in [-0.2, -0.15) is 0 Å². The highest BCUT2D eigenvalue weighted by Gasteiger charge is 2.18. The predicted molar refractivity (Wildman–Crippen MR) is 77.2 cm³/mol. The van der Waals surface area contributed by atoms with Crippen LogP contribution in [0.25, 0.3) is 0 Å². The number of hydrogen-bond donors (Lipinski definition) is 2. The zero-order valence-corrected chi connectivity index (χ0v) is 12.6. The molecule has 1 aromatic heterocycles. The van der Waals surface area contributed by atoms with Gasteiger partial charge in [-0.3, -0.25) is 10.1 Å². The van der Waals surface area contributed by atoms with Gasteiger partial charge in [0.1, 0.15) is 5.01 Å². The summed E-state index contributed by atoms with van der Waals surface area (Å²) >= 11 is 1.42. The van der Waals surface area contributed by atoms with Crippen LogP contribution in [0.4, 0.5) is 5.13 Å². The molecule has 0 saturated carbocycles. The normalized spacial score (nSPS) is 12.1. The topological polar surface area (TPSA) is 80.9 Å². The first-order valence-corrected chi connectivity index (χ1v) is 6.75. The fourth-order valence-electron chi connectivity index (χ4n) is 1.22. The third-order valence-corrected chi connectivity index (χ3v) is 3.36. The van der Waals surface area contributed by atoms with Gasteiger partial charge >= 0.3 is 0 Å². The predicted octanol–water partition coefficient (Wildman–Crippen LogP) is 2.22. The SMILES string of the molecule is CCCCc1nnc(NC(=O)[C@@H](N)C(C)C)s1.Cl. The summed E-state index contributed by atoms with van der Waals surface area (Å²) in [6, 6.07) is -0.502. The number of aryl methyl sites for hydroxylation is 1. The first-order chi connectivity index (χ1) is 8.04. The van der Waals surface area contributed by atoms with E-state index in [1.165, 1.54) is 11.3 Å². The third kappa shape index (κ3) is 5.29. The lowest BCUT2D eigenvalue weighted by Gasteiger charge is -2.13. The lowest BCUT2D eigenvalue weighted by atomic mass is 10.1. The second-order valence-corrected chi connectivity index (χ2v) is 5.43. The van der Waals surface area contributed by atoms with Gasteiger partial charge in [0, 0.05) is 6.42 Å². The molecular formula is C11H21ClN4OS. The van der Waals surface area contributed by atoms with E-state index in [0.717, 1.165) is 24.3 Å². The fraction of sp³-hybridized carbons (Fsp3) is 0.727. The highest BCUT2D eigenvalue weighted by molar-refractivity contribution is 7.15. The van der Waals surface area contributed by atoms with Crippen molar-refractivity contribution in [1.29, 1.82) is 0 Å². The molecular weight excluding hydrogens is 272 g/mol. The Labute approximate surface area is 118 Å². The van der Waals surface area contributed by atoms with Gasteiger partial charge in [0.05, 0.1) is 6.04 Å². The number of nitrogens with zero attached hydrogens (tertiary/aromatic N) is 2. The first-order valence-electron chi connectivity index (χ1n) is 5.93. The molecule has 7 heteroatoms. The van der Waals surface area contributed by atoms with Crippen LogP contribution in [0.1, 0.15) is 38.6 Å². The van der Waals surface area contributed by atoms with Gasteiger partial charge in [-0.25, -0.2) is 0 Å². The smallest absolute Gasteiger partial charge is 0.243 e. The second kappa shape index (κ2) is 8.39. The number of nitrogens with one attached hydrogen (secondary N) is 1. The Kier molecular flexibility index (Phi) is 8.06. The van der Waals surface area contributed by atoms with Gasteiger partial charge in [-0.1, -0.05) is 38.5 Å². The van der Waals surface area contributed by atoms with Crippen LogP contribution in [0.3, 0.4) is 0 Å². The van der Waals surface area contributed by atoms with Crippen molar-refractivity contribution in [2.45, 2.75) is 46.1 Å². The Morgan fingerprint density at radius 3 is 2.67 bits per heavy atom. The minimum Gasteiger partial charge on any atom is -0.320 e. The molecule has 0 bridgehead atoms. The lowest BCUT2D eigenvalue weighted by molar-refractivity contribution is -0.118. The third-order valence-electron chi connectivity index (χ3n) is 2.46. The van der Waals surface area contributed by atoms with Crippen LogP contribution in [0, 0.1) is 5.92 Å². The standard InChI is InChI=1S/C11H20N4OS.ClH/c1-4-5-6-8-14-15-11(17-8)13-10(16)9(12)7(2)3;/h7,9H,4-6,12H2,1-3H3,(H,13,15,16);1H/t9-;/m0./s1. The molecule has 0 aliphatic heterocycles. The van der Waals surface area contributed by atoms with E-state index in [9.17, 15) is 4.79 Å². The molecule has 0 fully saturated rings. The van der Waals surface area contributed by atoms with Crippen LogP contribution in [0.5, 0.6) is 0 Å². The molecule has 1 rings (SSSR count). The number of unbranched alkanes of at least 4 members (excludes halogenated alkanes) is 1. The monoisotopic (exact) mass is 292 g/mol. The van der Waals surface area contributed by atoms with Crippen LogP contribution < -0.4 is 11.1 Å². The van der Waals surface area contributed by atoms with Crippen molar-refractivity contribution in [3.63, 3.8) is 0 Å². The van der Waals surface area contributed by atoms with E-state index in [2.05, 4.69) is 22.4 Å². The summed E-state index contributed by atoms with van der Waals surface area (Å²) in [6.45, 7) is 5.96. The van der Waals surface area contributed by atoms with Crippen LogP contribution in [0.2, 0.25) is 0 Å². The van der Waals surface area contributed by atoms with Crippen molar-refractivity contribution in [1.82, 2.24) is 10.2 Å². The summed E-state index contributed by atoms with van der Waals surface area (Å²) in [5.74, 6) is -0.0827. The summed E-state index contributed by atoms with van der Waals surface area (Å²) in [4.78, 5) is 11.7. The molecule has 0 spiro atoms. The number of aromatic nitrogens is 2. The molecule has 104 valence electrons. The maximum absolute atomic E-state index is 11.7. The van der Waals surface area contributed by atoms with E-state index in [-0.39, 0.29) is 24.2 Å². The number of carbonyl (C=O) groups is 1. The van der Waals surface area contributed by atoms with E-state index in [1.807, 2.05) is 13.8 Å². The quantitative estimate of drug-likeness (QED) is 0.842. The molecule has 18 heavy (non-hydrogen) atoms. The highest BCUT2D eigenvalue weighted by atomic mass is 35.5. The van der Waals surface area contributed by atoms with Crippen molar-refractivity contribution in [3.8, 4) is 0 Å². The molecule has 0 aromatic carbocycles. The largest absolute Gasteiger partial charge is 0.320 e. The highest BCUT2D eigenvalue weighted by Crippen LogP contribution is 2.17. The maximum atomic E-state index is 11.7. The van der Waals surface area contributed by atoms with Gasteiger partial charge in [0.25, 0.3) is 0 Å². The molecule has 0 unspecified atom stereocenters. The molecule has 0 radical (unpaired) electrons. The Hall–Kier alpha value is -0.720.